The predicted molar refractivity (Wildman–Crippen MR) is 92.7 cm³/mol. The molecule has 1 saturated heterocycles. The van der Waals surface area contributed by atoms with Gasteiger partial charge in [-0.25, -0.2) is 4.98 Å². The van der Waals surface area contributed by atoms with Gasteiger partial charge in [-0.3, -0.25) is 9.48 Å². The minimum Gasteiger partial charge on any atom is -0.352 e. The molecule has 1 amide bonds. The zero-order valence-electron chi connectivity index (χ0n) is 12.8. The zero-order valence-corrected chi connectivity index (χ0v) is 14.4. The summed E-state index contributed by atoms with van der Waals surface area (Å²) in [6.45, 7) is 2.02. The van der Waals surface area contributed by atoms with Gasteiger partial charge in [0.1, 0.15) is 6.54 Å². The molecule has 1 N–H and O–H groups in total. The summed E-state index contributed by atoms with van der Waals surface area (Å²) in [5.41, 5.74) is 2.48. The minimum absolute atomic E-state index is 0.0405. The van der Waals surface area contributed by atoms with Crippen molar-refractivity contribution in [1.29, 1.82) is 0 Å². The van der Waals surface area contributed by atoms with Gasteiger partial charge in [0.15, 0.2) is 5.13 Å². The molecule has 0 aromatic carbocycles. The van der Waals surface area contributed by atoms with Crippen LogP contribution < -0.4 is 10.2 Å². The topological polar surface area (TPSA) is 63.1 Å². The number of thioether (sulfide) groups is 1. The number of thiazole rings is 1. The lowest BCUT2D eigenvalue weighted by Crippen LogP contribution is -2.41. The molecule has 1 unspecified atom stereocenters. The van der Waals surface area contributed by atoms with E-state index < -0.39 is 0 Å². The van der Waals surface area contributed by atoms with E-state index in [0.29, 0.717) is 19.1 Å². The summed E-state index contributed by atoms with van der Waals surface area (Å²) in [5, 5.41) is 10.5. The molecule has 2 aliphatic rings. The van der Waals surface area contributed by atoms with Crippen molar-refractivity contribution in [1.82, 2.24) is 20.1 Å². The fourth-order valence-electron chi connectivity index (χ4n) is 3.21. The first kappa shape index (κ1) is 15.0. The summed E-state index contributed by atoms with van der Waals surface area (Å²) in [6.07, 6.45) is 5.99. The predicted octanol–water partition coefficient (Wildman–Crippen LogP) is 1.87. The number of hydrogen-bond acceptors (Lipinski definition) is 6. The van der Waals surface area contributed by atoms with Crippen LogP contribution in [0.2, 0.25) is 0 Å². The third kappa shape index (κ3) is 3.10. The molecule has 2 aliphatic heterocycles. The number of nitrogens with zero attached hydrogens (tertiary/aromatic N) is 4. The monoisotopic (exact) mass is 349 g/mol. The standard InChI is InChI=1S/C15H19N5OS2/c21-14(8-20-13-10-22-9-11(13)6-18-20)17-7-12-2-1-4-19(12)15-16-3-5-23-15/h3,5-6,12H,1-2,4,7-10H2,(H,17,21). The van der Waals surface area contributed by atoms with E-state index in [1.54, 1.807) is 11.3 Å². The summed E-state index contributed by atoms with van der Waals surface area (Å²) in [5.74, 6) is 2.02. The average Bonchev–Trinajstić information content (AvgIpc) is 3.31. The fraction of sp³-hybridized carbons (Fsp3) is 0.533. The van der Waals surface area contributed by atoms with E-state index >= 15 is 0 Å². The molecular formula is C15H19N5OS2. The molecule has 4 rings (SSSR count). The molecule has 0 aliphatic carbocycles. The number of hydrogen-bond donors (Lipinski definition) is 1. The molecule has 2 aromatic rings. The van der Waals surface area contributed by atoms with Crippen LogP contribution in [-0.2, 0) is 22.8 Å². The molecule has 122 valence electrons. The Morgan fingerprint density at radius 3 is 3.26 bits per heavy atom. The number of aromatic nitrogens is 3. The number of carbonyl (C=O) groups excluding carboxylic acids is 1. The quantitative estimate of drug-likeness (QED) is 0.893. The van der Waals surface area contributed by atoms with Crippen LogP contribution in [-0.4, -0.2) is 39.8 Å². The molecule has 0 radical (unpaired) electrons. The maximum Gasteiger partial charge on any atom is 0.241 e. The Morgan fingerprint density at radius 1 is 1.43 bits per heavy atom. The van der Waals surface area contributed by atoms with Crippen LogP contribution in [0, 0.1) is 0 Å². The second kappa shape index (κ2) is 6.52. The molecule has 4 heterocycles. The molecule has 1 atom stereocenters. The summed E-state index contributed by atoms with van der Waals surface area (Å²) in [4.78, 5) is 19.0. The van der Waals surface area contributed by atoms with Gasteiger partial charge >= 0.3 is 0 Å². The van der Waals surface area contributed by atoms with Gasteiger partial charge in [0.05, 0.1) is 11.9 Å². The fourth-order valence-corrected chi connectivity index (χ4v) is 5.04. The van der Waals surface area contributed by atoms with Gasteiger partial charge in [-0.2, -0.15) is 16.9 Å². The summed E-state index contributed by atoms with van der Waals surface area (Å²) >= 11 is 3.54. The van der Waals surface area contributed by atoms with Crippen LogP contribution in [0.5, 0.6) is 0 Å². The van der Waals surface area contributed by atoms with E-state index in [4.69, 9.17) is 0 Å². The molecule has 23 heavy (non-hydrogen) atoms. The number of anilines is 1. The minimum atomic E-state index is 0.0405. The van der Waals surface area contributed by atoms with Crippen LogP contribution in [0.15, 0.2) is 17.8 Å². The third-order valence-electron chi connectivity index (χ3n) is 4.40. The van der Waals surface area contributed by atoms with Crippen molar-refractivity contribution in [3.63, 3.8) is 0 Å². The number of fused-ring (bicyclic) bond motifs is 1. The number of carbonyl (C=O) groups is 1. The maximum atomic E-state index is 12.2. The zero-order chi connectivity index (χ0) is 15.6. The maximum absolute atomic E-state index is 12.2. The lowest BCUT2D eigenvalue weighted by molar-refractivity contribution is -0.121. The first-order valence-electron chi connectivity index (χ1n) is 7.85. The Labute approximate surface area is 143 Å². The van der Waals surface area contributed by atoms with Crippen molar-refractivity contribution in [2.75, 3.05) is 18.0 Å². The molecule has 1 fully saturated rings. The first-order valence-corrected chi connectivity index (χ1v) is 9.89. The third-order valence-corrected chi connectivity index (χ3v) is 6.20. The lowest BCUT2D eigenvalue weighted by Gasteiger charge is -2.24. The normalized spacial score (nSPS) is 20.0. The van der Waals surface area contributed by atoms with E-state index in [1.807, 2.05) is 34.2 Å². The van der Waals surface area contributed by atoms with Crippen molar-refractivity contribution < 1.29 is 4.79 Å². The first-order chi connectivity index (χ1) is 11.3. The van der Waals surface area contributed by atoms with E-state index in [-0.39, 0.29) is 5.91 Å². The highest BCUT2D eigenvalue weighted by molar-refractivity contribution is 7.98. The van der Waals surface area contributed by atoms with Crippen molar-refractivity contribution >= 4 is 34.1 Å². The van der Waals surface area contributed by atoms with Gasteiger partial charge in [-0.05, 0) is 12.8 Å². The summed E-state index contributed by atoms with van der Waals surface area (Å²) in [6, 6.07) is 0.351. The van der Waals surface area contributed by atoms with Crippen LogP contribution in [0.4, 0.5) is 5.13 Å². The highest BCUT2D eigenvalue weighted by Crippen LogP contribution is 2.29. The molecule has 6 nitrogen and oxygen atoms in total. The van der Waals surface area contributed by atoms with Crippen molar-refractivity contribution in [3.8, 4) is 0 Å². The van der Waals surface area contributed by atoms with Crippen LogP contribution >= 0.6 is 23.1 Å². The SMILES string of the molecule is O=C(Cn1ncc2c1CSC2)NCC1CCCN1c1nccs1. The highest BCUT2D eigenvalue weighted by atomic mass is 32.2. The van der Waals surface area contributed by atoms with E-state index in [2.05, 4.69) is 20.3 Å². The van der Waals surface area contributed by atoms with Gasteiger partial charge in [-0.1, -0.05) is 0 Å². The van der Waals surface area contributed by atoms with Crippen molar-refractivity contribution in [3.05, 3.63) is 29.0 Å². The van der Waals surface area contributed by atoms with E-state index in [9.17, 15) is 4.79 Å². The summed E-state index contributed by atoms with van der Waals surface area (Å²) < 4.78 is 1.85. The van der Waals surface area contributed by atoms with Gasteiger partial charge < -0.3 is 10.2 Å². The second-order valence-corrected chi connectivity index (χ2v) is 7.73. The van der Waals surface area contributed by atoms with Gasteiger partial charge in [0.25, 0.3) is 0 Å². The molecular weight excluding hydrogens is 330 g/mol. The van der Waals surface area contributed by atoms with Gasteiger partial charge in [0, 0.05) is 47.8 Å². The number of amides is 1. The largest absolute Gasteiger partial charge is 0.352 e. The summed E-state index contributed by atoms with van der Waals surface area (Å²) in [7, 11) is 0. The van der Waals surface area contributed by atoms with E-state index in [0.717, 1.165) is 36.0 Å². The molecule has 8 heteroatoms. The Balaban J connectivity index is 1.32. The number of rotatable bonds is 5. The molecule has 0 saturated carbocycles. The van der Waals surface area contributed by atoms with Crippen LogP contribution in [0.3, 0.4) is 0 Å². The molecule has 2 aromatic heterocycles. The Hall–Kier alpha value is -1.54. The molecule has 0 spiro atoms. The van der Waals surface area contributed by atoms with Crippen molar-refractivity contribution in [2.45, 2.75) is 36.9 Å². The lowest BCUT2D eigenvalue weighted by atomic mass is 10.2. The smallest absolute Gasteiger partial charge is 0.241 e. The second-order valence-electron chi connectivity index (χ2n) is 5.88. The Morgan fingerprint density at radius 2 is 2.39 bits per heavy atom. The van der Waals surface area contributed by atoms with E-state index in [1.165, 1.54) is 11.3 Å². The van der Waals surface area contributed by atoms with Gasteiger partial charge in [-0.15, -0.1) is 11.3 Å². The highest BCUT2D eigenvalue weighted by Gasteiger charge is 2.27. The van der Waals surface area contributed by atoms with Gasteiger partial charge in [0.2, 0.25) is 5.91 Å². The Bertz CT molecular complexity index is 684. The van der Waals surface area contributed by atoms with Crippen LogP contribution in [0.1, 0.15) is 24.1 Å². The molecule has 0 bridgehead atoms. The van der Waals surface area contributed by atoms with Crippen molar-refractivity contribution in [2.24, 2.45) is 0 Å². The van der Waals surface area contributed by atoms with Crippen LogP contribution in [0.25, 0.3) is 0 Å². The Kier molecular flexibility index (Phi) is 4.26. The number of nitrogens with one attached hydrogen (secondary N) is 1. The average molecular weight is 349 g/mol.